The number of rotatable bonds is 5. The fourth-order valence-corrected chi connectivity index (χ4v) is 2.27. The molecule has 0 radical (unpaired) electrons. The second-order valence-corrected chi connectivity index (χ2v) is 4.96. The van der Waals surface area contributed by atoms with Gasteiger partial charge in [0.15, 0.2) is 11.5 Å². The van der Waals surface area contributed by atoms with E-state index in [2.05, 4.69) is 0 Å². The molecule has 0 unspecified atom stereocenters. The molecule has 2 rings (SSSR count). The fraction of sp³-hybridized carbons (Fsp3) is 0.467. The summed E-state index contributed by atoms with van der Waals surface area (Å²) in [6.45, 7) is 4.38. The van der Waals surface area contributed by atoms with Crippen molar-refractivity contribution in [2.75, 3.05) is 32.5 Å². The average molecular weight is 308 g/mol. The molecule has 0 aliphatic carbocycles. The van der Waals surface area contributed by atoms with Gasteiger partial charge in [-0.1, -0.05) is 0 Å². The van der Waals surface area contributed by atoms with E-state index in [0.717, 1.165) is 0 Å². The number of hydrogen-bond donors (Lipinski definition) is 1. The number of carbonyl (C=O) groups excluding carboxylic acids is 2. The first-order chi connectivity index (χ1) is 10.5. The summed E-state index contributed by atoms with van der Waals surface area (Å²) in [5.74, 6) is 0.390. The number of amides is 1. The van der Waals surface area contributed by atoms with E-state index < -0.39 is 0 Å². The first kappa shape index (κ1) is 15.9. The van der Waals surface area contributed by atoms with Gasteiger partial charge < -0.3 is 24.8 Å². The summed E-state index contributed by atoms with van der Waals surface area (Å²) in [7, 11) is 1.51. The number of ether oxygens (including phenoxy) is 3. The van der Waals surface area contributed by atoms with Crippen molar-refractivity contribution in [2.45, 2.75) is 20.0 Å². The molecule has 1 saturated heterocycles. The Hall–Kier alpha value is -2.44. The summed E-state index contributed by atoms with van der Waals surface area (Å²) in [4.78, 5) is 24.9. The molecule has 0 atom stereocenters. The van der Waals surface area contributed by atoms with Crippen molar-refractivity contribution in [3.63, 3.8) is 0 Å². The Balaban J connectivity index is 2.13. The molecule has 7 nitrogen and oxygen atoms in total. The van der Waals surface area contributed by atoms with Gasteiger partial charge in [-0.05, 0) is 13.0 Å². The van der Waals surface area contributed by atoms with Gasteiger partial charge in [0.2, 0.25) is 0 Å². The highest BCUT2D eigenvalue weighted by molar-refractivity contribution is 6.00. The van der Waals surface area contributed by atoms with Crippen LogP contribution in [0.3, 0.4) is 0 Å². The van der Waals surface area contributed by atoms with Crippen LogP contribution in [-0.2, 0) is 9.53 Å². The van der Waals surface area contributed by atoms with Crippen LogP contribution >= 0.6 is 0 Å². The van der Waals surface area contributed by atoms with E-state index >= 15 is 0 Å². The van der Waals surface area contributed by atoms with Gasteiger partial charge in [-0.15, -0.1) is 0 Å². The highest BCUT2D eigenvalue weighted by Gasteiger charge is 2.34. The molecule has 1 aromatic rings. The van der Waals surface area contributed by atoms with Gasteiger partial charge in [0, 0.05) is 18.7 Å². The van der Waals surface area contributed by atoms with E-state index in [1.165, 1.54) is 14.0 Å². The molecule has 7 heteroatoms. The Morgan fingerprint density at radius 3 is 2.55 bits per heavy atom. The molecule has 0 saturated carbocycles. The van der Waals surface area contributed by atoms with Gasteiger partial charge in [0.1, 0.15) is 6.10 Å². The Labute approximate surface area is 128 Å². The van der Waals surface area contributed by atoms with Gasteiger partial charge in [-0.2, -0.15) is 0 Å². The summed E-state index contributed by atoms with van der Waals surface area (Å²) >= 11 is 0. The Morgan fingerprint density at radius 1 is 1.32 bits per heavy atom. The lowest BCUT2D eigenvalue weighted by atomic mass is 10.1. The van der Waals surface area contributed by atoms with E-state index in [4.69, 9.17) is 19.9 Å². The summed E-state index contributed by atoms with van der Waals surface area (Å²) in [6.07, 6.45) is -0.243. The first-order valence-corrected chi connectivity index (χ1v) is 7.03. The van der Waals surface area contributed by atoms with Crippen LogP contribution in [0.5, 0.6) is 11.5 Å². The third-order valence-corrected chi connectivity index (χ3v) is 3.33. The molecule has 1 heterocycles. The third-order valence-electron chi connectivity index (χ3n) is 3.33. The Kier molecular flexibility index (Phi) is 4.75. The van der Waals surface area contributed by atoms with Gasteiger partial charge in [-0.3, -0.25) is 9.59 Å². The molecule has 120 valence electrons. The highest BCUT2D eigenvalue weighted by atomic mass is 16.5. The van der Waals surface area contributed by atoms with Crippen molar-refractivity contribution in [2.24, 2.45) is 0 Å². The third kappa shape index (κ3) is 3.24. The van der Waals surface area contributed by atoms with Crippen LogP contribution in [-0.4, -0.2) is 49.7 Å². The Morgan fingerprint density at radius 2 is 2.00 bits per heavy atom. The lowest BCUT2D eigenvalue weighted by Crippen LogP contribution is -2.55. The molecular weight excluding hydrogens is 288 g/mol. The molecule has 1 amide bonds. The summed E-state index contributed by atoms with van der Waals surface area (Å²) < 4.78 is 15.7. The molecule has 1 aliphatic heterocycles. The number of nitrogens with zero attached hydrogens (tertiary/aromatic N) is 1. The zero-order chi connectivity index (χ0) is 16.3. The summed E-state index contributed by atoms with van der Waals surface area (Å²) in [5, 5.41) is 0. The second-order valence-electron chi connectivity index (χ2n) is 4.96. The summed E-state index contributed by atoms with van der Waals surface area (Å²) in [6, 6.07) is 3.15. The van der Waals surface area contributed by atoms with E-state index in [9.17, 15) is 9.59 Å². The smallest absolute Gasteiger partial charge is 0.303 e. The molecule has 0 aromatic heterocycles. The van der Waals surface area contributed by atoms with E-state index in [-0.39, 0.29) is 18.0 Å². The average Bonchev–Trinajstić information content (AvgIpc) is 2.43. The topological polar surface area (TPSA) is 91.1 Å². The van der Waals surface area contributed by atoms with Crippen LogP contribution < -0.4 is 15.2 Å². The fourth-order valence-electron chi connectivity index (χ4n) is 2.27. The van der Waals surface area contributed by atoms with Crippen LogP contribution in [0, 0.1) is 0 Å². The number of nitrogen functional groups attached to an aromatic ring is 1. The van der Waals surface area contributed by atoms with Crippen molar-refractivity contribution < 1.29 is 23.8 Å². The quantitative estimate of drug-likeness (QED) is 0.646. The van der Waals surface area contributed by atoms with Gasteiger partial charge >= 0.3 is 5.97 Å². The predicted octanol–water partition coefficient (Wildman–Crippen LogP) is 1.06. The van der Waals surface area contributed by atoms with Gasteiger partial charge in [0.05, 0.1) is 32.4 Å². The minimum Gasteiger partial charge on any atom is -0.493 e. The number of nitrogens with two attached hydrogens (primary N) is 1. The van der Waals surface area contributed by atoms with Crippen molar-refractivity contribution >= 4 is 17.6 Å². The van der Waals surface area contributed by atoms with Crippen LogP contribution in [0.25, 0.3) is 0 Å². The lowest BCUT2D eigenvalue weighted by molar-refractivity contribution is -0.152. The molecule has 0 spiro atoms. The largest absolute Gasteiger partial charge is 0.493 e. The highest BCUT2D eigenvalue weighted by Crippen LogP contribution is 2.33. The molecule has 2 N–H and O–H groups in total. The molecular formula is C15H20N2O5. The number of carbonyl (C=O) groups is 2. The molecule has 1 aromatic carbocycles. The van der Waals surface area contributed by atoms with Crippen LogP contribution in [0.15, 0.2) is 12.1 Å². The standard InChI is InChI=1S/C15H20N2O5/c1-4-21-14-5-11(12(16)6-13(14)20-3)15(19)17-7-10(8-17)22-9(2)18/h5-6,10H,4,7-8,16H2,1-3H3. The molecule has 0 bridgehead atoms. The van der Waals surface area contributed by atoms with Crippen molar-refractivity contribution in [1.29, 1.82) is 0 Å². The second kappa shape index (κ2) is 6.55. The summed E-state index contributed by atoms with van der Waals surface area (Å²) in [5.41, 5.74) is 6.60. The number of hydrogen-bond acceptors (Lipinski definition) is 6. The van der Waals surface area contributed by atoms with E-state index in [1.807, 2.05) is 6.92 Å². The van der Waals surface area contributed by atoms with Crippen LogP contribution in [0.1, 0.15) is 24.2 Å². The van der Waals surface area contributed by atoms with E-state index in [0.29, 0.717) is 42.4 Å². The van der Waals surface area contributed by atoms with Crippen molar-refractivity contribution in [3.8, 4) is 11.5 Å². The maximum Gasteiger partial charge on any atom is 0.303 e. The SMILES string of the molecule is CCOc1cc(C(=O)N2CC(OC(C)=O)C2)c(N)cc1OC. The Bertz CT molecular complexity index is 582. The zero-order valence-corrected chi connectivity index (χ0v) is 12.9. The van der Waals surface area contributed by atoms with Gasteiger partial charge in [-0.25, -0.2) is 0 Å². The van der Waals surface area contributed by atoms with Crippen molar-refractivity contribution in [1.82, 2.24) is 4.90 Å². The van der Waals surface area contributed by atoms with Crippen LogP contribution in [0.2, 0.25) is 0 Å². The first-order valence-electron chi connectivity index (χ1n) is 7.03. The molecule has 22 heavy (non-hydrogen) atoms. The maximum absolute atomic E-state index is 12.4. The van der Waals surface area contributed by atoms with Crippen LogP contribution in [0.4, 0.5) is 5.69 Å². The molecule has 1 fully saturated rings. The van der Waals surface area contributed by atoms with E-state index in [1.54, 1.807) is 17.0 Å². The monoisotopic (exact) mass is 308 g/mol. The normalized spacial score (nSPS) is 14.2. The molecule has 1 aliphatic rings. The zero-order valence-electron chi connectivity index (χ0n) is 12.9. The minimum absolute atomic E-state index is 0.218. The minimum atomic E-state index is -0.348. The van der Waals surface area contributed by atoms with Gasteiger partial charge in [0.25, 0.3) is 5.91 Å². The van der Waals surface area contributed by atoms with Crippen molar-refractivity contribution in [3.05, 3.63) is 17.7 Å². The number of methoxy groups -OCH3 is 1. The number of benzene rings is 1. The predicted molar refractivity (Wildman–Crippen MR) is 80.0 cm³/mol. The number of esters is 1. The maximum atomic E-state index is 12.4. The number of anilines is 1. The number of likely N-dealkylation sites (tertiary alicyclic amines) is 1. The lowest BCUT2D eigenvalue weighted by Gasteiger charge is -2.38.